The van der Waals surface area contributed by atoms with Crippen molar-refractivity contribution < 1.29 is 58.3 Å². The second-order valence-electron chi connectivity index (χ2n) is 11.9. The monoisotopic (exact) mass is 738 g/mol. The molecule has 0 unspecified atom stereocenters. The van der Waals surface area contributed by atoms with Crippen molar-refractivity contribution in [2.75, 3.05) is 46.4 Å². The Hall–Kier alpha value is -5.38. The smallest absolute Gasteiger partial charge is 0.414 e. The Morgan fingerprint density at radius 3 is 1.88 bits per heavy atom. The number of thiophene rings is 1. The topological polar surface area (TPSA) is 191 Å². The second-order valence-corrected chi connectivity index (χ2v) is 13.0. The highest BCUT2D eigenvalue weighted by Crippen LogP contribution is 2.41. The summed E-state index contributed by atoms with van der Waals surface area (Å²) in [4.78, 5) is 56.1. The van der Waals surface area contributed by atoms with Crippen LogP contribution in [0.25, 0.3) is 20.5 Å². The van der Waals surface area contributed by atoms with Gasteiger partial charge in [0.1, 0.15) is 23.9 Å². The van der Waals surface area contributed by atoms with Crippen LogP contribution in [0.5, 0.6) is 11.5 Å². The van der Waals surface area contributed by atoms with E-state index in [-0.39, 0.29) is 11.6 Å². The van der Waals surface area contributed by atoms with Crippen molar-refractivity contribution in [3.05, 3.63) is 83.2 Å². The van der Waals surface area contributed by atoms with E-state index in [1.54, 1.807) is 13.2 Å². The van der Waals surface area contributed by atoms with Gasteiger partial charge in [0.05, 0.1) is 7.11 Å². The van der Waals surface area contributed by atoms with Crippen LogP contribution in [0.15, 0.2) is 60.7 Å². The summed E-state index contributed by atoms with van der Waals surface area (Å²) in [6.07, 6.45) is 4.98. The lowest BCUT2D eigenvalue weighted by Gasteiger charge is -2.17. The van der Waals surface area contributed by atoms with Gasteiger partial charge in [-0.05, 0) is 106 Å². The number of carboxylic acids is 4. The molecular formula is C37H39FN2O11S. The summed E-state index contributed by atoms with van der Waals surface area (Å²) in [5.74, 6) is -6.17. The standard InChI is InChI=1S/C33H35FN2O3S.2C2H2O4/c1-38-29-20-24(6-7-25(29)22-36-16-4-5-17-36)32(37)31-28-13-10-26(34)21-30(28)40-33(31)23-8-11-27(12-9-23)39-19-18-35-14-2-3-15-35;2*3-1(4)2(5)6/h6-13,20-21H,2-5,14-19,22H2,1H3;2*(H,3,4)(H,5,6). The third-order valence-electron chi connectivity index (χ3n) is 8.38. The maximum Gasteiger partial charge on any atom is 0.414 e. The van der Waals surface area contributed by atoms with Crippen molar-refractivity contribution in [3.63, 3.8) is 0 Å². The number of halogens is 1. The lowest BCUT2D eigenvalue weighted by molar-refractivity contribution is -0.159. The number of ether oxygens (including phenoxy) is 2. The highest BCUT2D eigenvalue weighted by atomic mass is 32.1. The maximum absolute atomic E-state index is 14.2. The minimum atomic E-state index is -1.82. The third kappa shape index (κ3) is 10.8. The zero-order valence-corrected chi connectivity index (χ0v) is 29.2. The third-order valence-corrected chi connectivity index (χ3v) is 9.58. The molecule has 0 aliphatic carbocycles. The molecule has 15 heteroatoms. The molecule has 0 bridgehead atoms. The van der Waals surface area contributed by atoms with Crippen LogP contribution in [0.2, 0.25) is 0 Å². The van der Waals surface area contributed by atoms with Gasteiger partial charge in [-0.3, -0.25) is 14.6 Å². The summed E-state index contributed by atoms with van der Waals surface area (Å²) < 4.78 is 26.6. The van der Waals surface area contributed by atoms with E-state index < -0.39 is 23.9 Å². The predicted octanol–water partition coefficient (Wildman–Crippen LogP) is 5.33. The molecule has 1 aromatic heterocycles. The first kappa shape index (κ1) is 39.4. The van der Waals surface area contributed by atoms with Gasteiger partial charge in [-0.1, -0.05) is 12.1 Å². The number of benzene rings is 3. The van der Waals surface area contributed by atoms with Crippen LogP contribution in [-0.2, 0) is 25.7 Å². The van der Waals surface area contributed by atoms with Gasteiger partial charge in [-0.15, -0.1) is 11.3 Å². The molecule has 0 atom stereocenters. The van der Waals surface area contributed by atoms with Gasteiger partial charge in [0.25, 0.3) is 0 Å². The molecule has 2 aliphatic rings. The number of hydrogen-bond donors (Lipinski definition) is 4. The summed E-state index contributed by atoms with van der Waals surface area (Å²) >= 11 is 1.44. The molecule has 52 heavy (non-hydrogen) atoms. The fourth-order valence-corrected chi connectivity index (χ4v) is 7.07. The Balaban J connectivity index is 0.000000436. The SMILES string of the molecule is COc1cc(C(=O)c2c(-c3ccc(OCCN4CCCC4)cc3)sc3cc(F)ccc23)ccc1CN1CCCC1.O=C(O)C(=O)O.O=C(O)C(=O)O. The summed E-state index contributed by atoms with van der Waals surface area (Å²) in [5.41, 5.74) is 3.15. The van der Waals surface area contributed by atoms with Crippen LogP contribution in [0.1, 0.15) is 47.2 Å². The number of nitrogens with zero attached hydrogens (tertiary/aromatic N) is 2. The number of carbonyl (C=O) groups is 5. The number of aliphatic carboxylic acids is 4. The minimum Gasteiger partial charge on any atom is -0.496 e. The molecule has 0 spiro atoms. The summed E-state index contributed by atoms with van der Waals surface area (Å²) in [7, 11) is 1.65. The van der Waals surface area contributed by atoms with E-state index in [2.05, 4.69) is 9.80 Å². The van der Waals surface area contributed by atoms with Gasteiger partial charge < -0.3 is 29.9 Å². The number of hydrogen-bond acceptors (Lipinski definition) is 10. The molecule has 0 radical (unpaired) electrons. The Morgan fingerprint density at radius 1 is 0.750 bits per heavy atom. The fourth-order valence-electron chi connectivity index (χ4n) is 5.84. The summed E-state index contributed by atoms with van der Waals surface area (Å²) in [6.45, 7) is 6.89. The summed E-state index contributed by atoms with van der Waals surface area (Å²) in [6, 6.07) is 18.3. The van der Waals surface area contributed by atoms with E-state index in [1.165, 1.54) is 49.2 Å². The average Bonchev–Trinajstić information content (AvgIpc) is 3.91. The summed E-state index contributed by atoms with van der Waals surface area (Å²) in [5, 5.41) is 30.3. The van der Waals surface area contributed by atoms with Crippen LogP contribution in [0.3, 0.4) is 0 Å². The molecule has 13 nitrogen and oxygen atoms in total. The Kier molecular flexibility index (Phi) is 14.2. The first-order valence-corrected chi connectivity index (χ1v) is 17.2. The Morgan fingerprint density at radius 2 is 1.33 bits per heavy atom. The Bertz CT molecular complexity index is 1850. The molecule has 276 valence electrons. The molecule has 4 N–H and O–H groups in total. The van der Waals surface area contributed by atoms with Crippen molar-refractivity contribution in [3.8, 4) is 21.9 Å². The van der Waals surface area contributed by atoms with Crippen molar-refractivity contribution in [2.45, 2.75) is 32.2 Å². The second kappa shape index (κ2) is 18.7. The molecule has 0 amide bonds. The van der Waals surface area contributed by atoms with Crippen LogP contribution in [0, 0.1) is 5.82 Å². The number of carbonyl (C=O) groups excluding carboxylic acids is 1. The predicted molar refractivity (Wildman–Crippen MR) is 190 cm³/mol. The van der Waals surface area contributed by atoms with Gasteiger partial charge in [0.15, 0.2) is 5.78 Å². The number of fused-ring (bicyclic) bond motifs is 1. The van der Waals surface area contributed by atoms with Gasteiger partial charge in [0, 0.05) is 44.7 Å². The molecule has 3 heterocycles. The van der Waals surface area contributed by atoms with E-state index in [9.17, 15) is 9.18 Å². The van der Waals surface area contributed by atoms with Crippen molar-refractivity contribution in [1.82, 2.24) is 9.80 Å². The zero-order chi connectivity index (χ0) is 37.8. The van der Waals surface area contributed by atoms with Gasteiger partial charge in [-0.2, -0.15) is 0 Å². The quantitative estimate of drug-likeness (QED) is 0.121. The first-order chi connectivity index (χ1) is 24.9. The largest absolute Gasteiger partial charge is 0.496 e. The van der Waals surface area contributed by atoms with Crippen molar-refractivity contribution in [1.29, 1.82) is 0 Å². The highest BCUT2D eigenvalue weighted by molar-refractivity contribution is 7.22. The molecule has 4 aromatic rings. The fraction of sp³-hybridized carbons (Fsp3) is 0.324. The molecule has 2 saturated heterocycles. The van der Waals surface area contributed by atoms with Gasteiger partial charge in [-0.25, -0.2) is 23.6 Å². The molecule has 2 fully saturated rings. The van der Waals surface area contributed by atoms with E-state index in [4.69, 9.17) is 49.1 Å². The maximum atomic E-state index is 14.2. The van der Waals surface area contributed by atoms with Gasteiger partial charge in [0.2, 0.25) is 0 Å². The van der Waals surface area contributed by atoms with E-state index in [1.807, 2.05) is 42.5 Å². The minimum absolute atomic E-state index is 0.0928. The average molecular weight is 739 g/mol. The van der Waals surface area contributed by atoms with E-state index in [0.717, 1.165) is 76.9 Å². The Labute approximate surface area is 302 Å². The number of ketones is 1. The van der Waals surface area contributed by atoms with Gasteiger partial charge >= 0.3 is 23.9 Å². The molecule has 2 aliphatic heterocycles. The van der Waals surface area contributed by atoms with E-state index in [0.29, 0.717) is 17.7 Å². The van der Waals surface area contributed by atoms with Crippen LogP contribution in [-0.4, -0.2) is 106 Å². The molecular weight excluding hydrogens is 699 g/mol. The lowest BCUT2D eigenvalue weighted by Crippen LogP contribution is -2.25. The molecule has 6 rings (SSSR count). The van der Waals surface area contributed by atoms with E-state index >= 15 is 0 Å². The number of likely N-dealkylation sites (tertiary alicyclic amines) is 2. The van der Waals surface area contributed by atoms with Crippen LogP contribution in [0.4, 0.5) is 4.39 Å². The zero-order valence-electron chi connectivity index (χ0n) is 28.4. The number of rotatable bonds is 10. The number of methoxy groups -OCH3 is 1. The molecule has 3 aromatic carbocycles. The number of carboxylic acid groups (broad SMARTS) is 4. The van der Waals surface area contributed by atoms with Crippen molar-refractivity contribution >= 4 is 51.1 Å². The lowest BCUT2D eigenvalue weighted by atomic mass is 9.96. The van der Waals surface area contributed by atoms with Crippen LogP contribution < -0.4 is 9.47 Å². The van der Waals surface area contributed by atoms with Crippen molar-refractivity contribution in [2.24, 2.45) is 0 Å². The molecule has 0 saturated carbocycles. The normalized spacial score (nSPS) is 14.1. The highest BCUT2D eigenvalue weighted by Gasteiger charge is 2.24. The first-order valence-electron chi connectivity index (χ1n) is 16.4. The van der Waals surface area contributed by atoms with Crippen LogP contribution >= 0.6 is 11.3 Å².